The molecule has 0 aromatic heterocycles. The third-order valence-electron chi connectivity index (χ3n) is 3.52. The molecule has 0 bridgehead atoms. The highest BCUT2D eigenvalue weighted by molar-refractivity contribution is 7.89. The second-order valence-electron chi connectivity index (χ2n) is 5.36. The van der Waals surface area contributed by atoms with Crippen molar-refractivity contribution in [3.63, 3.8) is 0 Å². The van der Waals surface area contributed by atoms with E-state index in [1.807, 2.05) is 0 Å². The first-order valence-corrected chi connectivity index (χ1v) is 9.22. The molecule has 1 aromatic carbocycles. The summed E-state index contributed by atoms with van der Waals surface area (Å²) in [6.45, 7) is -0.836. The van der Waals surface area contributed by atoms with Crippen LogP contribution in [0.1, 0.15) is 10.4 Å². The molecule has 1 heterocycles. The van der Waals surface area contributed by atoms with Crippen molar-refractivity contribution >= 4 is 27.9 Å². The largest absolute Gasteiger partial charge is 0.495 e. The first kappa shape index (κ1) is 21.9. The van der Waals surface area contributed by atoms with Gasteiger partial charge in [-0.3, -0.25) is 0 Å². The second-order valence-corrected chi connectivity index (χ2v) is 7.09. The molecule has 0 saturated heterocycles. The van der Waals surface area contributed by atoms with Crippen LogP contribution in [0.4, 0.5) is 0 Å². The maximum absolute atomic E-state index is 13.3. The number of hydrogen-bond acceptors (Lipinski definition) is 9. The van der Waals surface area contributed by atoms with E-state index in [0.29, 0.717) is 0 Å². The van der Waals surface area contributed by atoms with Gasteiger partial charge in [-0.1, -0.05) is 0 Å². The molecule has 0 spiro atoms. The molecular weight excluding hydrogens is 420 g/mol. The maximum atomic E-state index is 13.3. The Morgan fingerprint density at radius 3 is 2.40 bits per heavy atom. The third kappa shape index (κ3) is 4.37. The van der Waals surface area contributed by atoms with Gasteiger partial charge in [-0.25, -0.2) is 9.59 Å². The van der Waals surface area contributed by atoms with Gasteiger partial charge in [0.15, 0.2) is 12.2 Å². The molecule has 0 atom stereocenters. The Morgan fingerprint density at radius 2 is 1.87 bits per heavy atom. The van der Waals surface area contributed by atoms with Gasteiger partial charge in [-0.2, -0.15) is 18.9 Å². The van der Waals surface area contributed by atoms with Crippen molar-refractivity contribution in [3.05, 3.63) is 47.2 Å². The van der Waals surface area contributed by atoms with Crippen LogP contribution in [0.15, 0.2) is 51.6 Å². The number of benzene rings is 1. The van der Waals surface area contributed by atoms with Crippen LogP contribution in [0.5, 0.6) is 5.75 Å². The van der Waals surface area contributed by atoms with Gasteiger partial charge in [0.2, 0.25) is 5.90 Å². The number of hydrazone groups is 1. The number of rotatable bonds is 6. The average molecular weight is 432 g/mol. The van der Waals surface area contributed by atoms with Crippen LogP contribution >= 0.6 is 0 Å². The number of carbonyl (C=O) groups is 2. The number of nitriles is 2. The lowest BCUT2D eigenvalue weighted by molar-refractivity contribution is -0.139. The van der Waals surface area contributed by atoms with Crippen molar-refractivity contribution in [1.29, 1.82) is 10.5 Å². The Hall–Kier alpha value is -4.36. The van der Waals surface area contributed by atoms with Crippen molar-refractivity contribution in [1.82, 2.24) is 4.41 Å². The zero-order chi connectivity index (χ0) is 22.5. The standard InChI is InChI=1S/C17H12N4O8S/c1-28-13-4-2-10(17(24)25)6-14(13)30(26,27)21-12(11(7-18)8-19)3-5-15(20-21)29-9-16(22)23/h2-6H,9H2,1H3,(H,22,23)(H,24,25). The van der Waals surface area contributed by atoms with Crippen LogP contribution in [-0.2, 0) is 19.6 Å². The Kier molecular flexibility index (Phi) is 6.41. The Labute approximate surface area is 169 Å². The predicted molar refractivity (Wildman–Crippen MR) is 97.4 cm³/mol. The molecule has 1 aromatic rings. The number of nitrogens with zero attached hydrogens (tertiary/aromatic N) is 4. The molecule has 1 aliphatic rings. The van der Waals surface area contributed by atoms with Gasteiger partial charge in [0.05, 0.1) is 12.7 Å². The topological polar surface area (TPSA) is 190 Å². The molecule has 2 rings (SSSR count). The van der Waals surface area contributed by atoms with Gasteiger partial charge < -0.3 is 19.7 Å². The van der Waals surface area contributed by atoms with Gasteiger partial charge in [-0.15, -0.1) is 9.52 Å². The number of sulfonamides is 1. The molecule has 0 aliphatic carbocycles. The minimum atomic E-state index is -4.73. The van der Waals surface area contributed by atoms with Gasteiger partial charge in [0.25, 0.3) is 10.0 Å². The van der Waals surface area contributed by atoms with Crippen LogP contribution in [0.25, 0.3) is 0 Å². The van der Waals surface area contributed by atoms with Crippen LogP contribution in [0, 0.1) is 22.7 Å². The highest BCUT2D eigenvalue weighted by Crippen LogP contribution is 2.32. The average Bonchev–Trinajstić information content (AvgIpc) is 2.72. The summed E-state index contributed by atoms with van der Waals surface area (Å²) in [7, 11) is -3.57. The first-order chi connectivity index (χ1) is 14.1. The van der Waals surface area contributed by atoms with E-state index in [1.54, 1.807) is 0 Å². The van der Waals surface area contributed by atoms with E-state index in [2.05, 4.69) is 5.10 Å². The number of methoxy groups -OCH3 is 1. The summed E-state index contributed by atoms with van der Waals surface area (Å²) in [5.74, 6) is -3.43. The van der Waals surface area contributed by atoms with Crippen LogP contribution < -0.4 is 4.74 Å². The molecule has 154 valence electrons. The number of hydrogen-bond donors (Lipinski definition) is 2. The Bertz CT molecular complexity index is 1170. The summed E-state index contributed by atoms with van der Waals surface area (Å²) in [4.78, 5) is 21.3. The predicted octanol–water partition coefficient (Wildman–Crippen LogP) is 0.670. The maximum Gasteiger partial charge on any atom is 0.341 e. The first-order valence-electron chi connectivity index (χ1n) is 7.78. The lowest BCUT2D eigenvalue weighted by atomic mass is 10.2. The van der Waals surface area contributed by atoms with Gasteiger partial charge in [0.1, 0.15) is 28.5 Å². The normalized spacial score (nSPS) is 13.0. The lowest BCUT2D eigenvalue weighted by Crippen LogP contribution is -2.30. The summed E-state index contributed by atoms with van der Waals surface area (Å²) in [6, 6.07) is 6.11. The highest BCUT2D eigenvalue weighted by atomic mass is 32.2. The number of aliphatic carboxylic acids is 1. The molecule has 12 nitrogen and oxygen atoms in total. The van der Waals surface area contributed by atoms with E-state index in [1.165, 1.54) is 12.1 Å². The second kappa shape index (κ2) is 8.76. The molecular formula is C17H12N4O8S. The fourth-order valence-electron chi connectivity index (χ4n) is 2.21. The number of carboxylic acids is 2. The van der Waals surface area contributed by atoms with Crippen molar-refractivity contribution in [2.24, 2.45) is 5.10 Å². The SMILES string of the molecule is COc1ccc(C(=O)O)cc1S(=O)(=O)N1N=C(OCC(=O)O)C=CC1=C(C#N)C#N. The van der Waals surface area contributed by atoms with Gasteiger partial charge in [0, 0.05) is 6.08 Å². The summed E-state index contributed by atoms with van der Waals surface area (Å²) in [5, 5.41) is 39.9. The molecule has 30 heavy (non-hydrogen) atoms. The van der Waals surface area contributed by atoms with Gasteiger partial charge >= 0.3 is 11.9 Å². The third-order valence-corrected chi connectivity index (χ3v) is 5.13. The van der Waals surface area contributed by atoms with E-state index in [-0.39, 0.29) is 15.7 Å². The quantitative estimate of drug-likeness (QED) is 0.604. The molecule has 0 unspecified atom stereocenters. The number of allylic oxidation sites excluding steroid dienone is 2. The zero-order valence-corrected chi connectivity index (χ0v) is 16.0. The smallest absolute Gasteiger partial charge is 0.341 e. The van der Waals surface area contributed by atoms with E-state index < -0.39 is 50.6 Å². The molecule has 1 aliphatic heterocycles. The van der Waals surface area contributed by atoms with Crippen LogP contribution in [0.3, 0.4) is 0 Å². The van der Waals surface area contributed by atoms with Crippen LogP contribution in [0.2, 0.25) is 0 Å². The fraction of sp³-hybridized carbons (Fsp3) is 0.118. The summed E-state index contributed by atoms with van der Waals surface area (Å²) < 4.78 is 36.6. The van der Waals surface area contributed by atoms with Crippen LogP contribution in [-0.4, -0.2) is 54.6 Å². The molecule has 2 N–H and O–H groups in total. The van der Waals surface area contributed by atoms with E-state index >= 15 is 0 Å². The molecule has 0 saturated carbocycles. The summed E-state index contributed by atoms with van der Waals surface area (Å²) in [5.41, 5.74) is -1.45. The van der Waals surface area contributed by atoms with E-state index in [0.717, 1.165) is 37.5 Å². The van der Waals surface area contributed by atoms with Crippen molar-refractivity contribution < 1.29 is 37.7 Å². The molecule has 0 fully saturated rings. The van der Waals surface area contributed by atoms with Gasteiger partial charge in [-0.05, 0) is 24.3 Å². The van der Waals surface area contributed by atoms with E-state index in [4.69, 9.17) is 25.1 Å². The highest BCUT2D eigenvalue weighted by Gasteiger charge is 2.34. The zero-order valence-electron chi connectivity index (χ0n) is 15.1. The lowest BCUT2D eigenvalue weighted by Gasteiger charge is -2.24. The Balaban J connectivity index is 2.72. The van der Waals surface area contributed by atoms with Crippen molar-refractivity contribution in [2.45, 2.75) is 4.90 Å². The number of aromatic carboxylic acids is 1. The minimum Gasteiger partial charge on any atom is -0.495 e. The minimum absolute atomic E-state index is 0.229. The number of carboxylic acid groups (broad SMARTS) is 2. The van der Waals surface area contributed by atoms with E-state index in [9.17, 15) is 23.1 Å². The summed E-state index contributed by atoms with van der Waals surface area (Å²) >= 11 is 0. The van der Waals surface area contributed by atoms with Crippen molar-refractivity contribution in [2.75, 3.05) is 13.7 Å². The molecule has 0 radical (unpaired) electrons. The van der Waals surface area contributed by atoms with Crippen molar-refractivity contribution in [3.8, 4) is 17.9 Å². The number of ether oxygens (including phenoxy) is 2. The molecule has 13 heteroatoms. The monoisotopic (exact) mass is 432 g/mol. The Morgan fingerprint density at radius 1 is 1.20 bits per heavy atom. The summed E-state index contributed by atoms with van der Waals surface area (Å²) in [6.07, 6.45) is 2.10. The molecule has 0 amide bonds. The fourth-order valence-corrected chi connectivity index (χ4v) is 3.68.